The summed E-state index contributed by atoms with van der Waals surface area (Å²) in [5.74, 6) is -2.36. The Kier molecular flexibility index (Phi) is 29.3. The highest BCUT2D eigenvalue weighted by atomic mass is 16.6. The third kappa shape index (κ3) is 25.4. The van der Waals surface area contributed by atoms with Crippen molar-refractivity contribution in [2.24, 2.45) is 11.7 Å². The van der Waals surface area contributed by atoms with Crippen molar-refractivity contribution >= 4 is 41.3 Å². The van der Waals surface area contributed by atoms with Crippen LogP contribution in [0, 0.1) is 5.92 Å². The van der Waals surface area contributed by atoms with Gasteiger partial charge < -0.3 is 70.0 Å². The zero-order valence-corrected chi connectivity index (χ0v) is 35.9. The van der Waals surface area contributed by atoms with Crippen LogP contribution >= 0.6 is 0 Å². The number of hydrogen-bond donors (Lipinski definition) is 6. The number of ether oxygens (including phenoxy) is 8. The Morgan fingerprint density at radius 2 is 1.10 bits per heavy atom. The molecule has 350 valence electrons. The molecule has 2 rings (SSSR count). The van der Waals surface area contributed by atoms with Crippen LogP contribution in [0.4, 0.5) is 10.5 Å². The summed E-state index contributed by atoms with van der Waals surface area (Å²) in [5.41, 5.74) is 6.28. The fraction of sp³-hybridized carbons (Fsp3) is 0.659. The van der Waals surface area contributed by atoms with Crippen molar-refractivity contribution < 1.29 is 71.8 Å². The van der Waals surface area contributed by atoms with Crippen LogP contribution < -0.4 is 27.0 Å². The molecule has 0 radical (unpaired) electrons. The Morgan fingerprint density at radius 3 is 1.53 bits per heavy atom. The van der Waals surface area contributed by atoms with Crippen LogP contribution in [0.1, 0.15) is 38.7 Å². The van der Waals surface area contributed by atoms with Gasteiger partial charge in [-0.15, -0.1) is 0 Å². The number of hydrogen-bond acceptors (Lipinski definition) is 15. The van der Waals surface area contributed by atoms with E-state index in [9.17, 15) is 33.9 Å². The second-order valence-electron chi connectivity index (χ2n) is 13.9. The molecule has 0 bridgehead atoms. The molecule has 0 spiro atoms. The fourth-order valence-electron chi connectivity index (χ4n) is 5.37. The predicted octanol–water partition coefficient (Wildman–Crippen LogP) is -0.361. The van der Waals surface area contributed by atoms with Gasteiger partial charge in [0.15, 0.2) is 0 Å². The van der Waals surface area contributed by atoms with Crippen LogP contribution in [-0.2, 0) is 68.5 Å². The van der Waals surface area contributed by atoms with Crippen molar-refractivity contribution in [1.29, 1.82) is 0 Å². The second-order valence-corrected chi connectivity index (χ2v) is 13.9. The zero-order chi connectivity index (χ0) is 45.2. The summed E-state index contributed by atoms with van der Waals surface area (Å²) in [4.78, 5) is 74.3. The van der Waals surface area contributed by atoms with E-state index in [-0.39, 0.29) is 70.1 Å². The van der Waals surface area contributed by atoms with Gasteiger partial charge >= 0.3 is 6.03 Å². The maximum atomic E-state index is 13.3. The first-order chi connectivity index (χ1) is 30.0. The van der Waals surface area contributed by atoms with Gasteiger partial charge in [0, 0.05) is 30.8 Å². The number of imide groups is 1. The lowest BCUT2D eigenvalue weighted by atomic mass is 10.0. The SMILES string of the molecule is CC(C)[C@H](NC(=O)CCOCCOCCOCCOCCOCCOCCOCCOCCN1C(=O)C=CC1=O)C(=O)N[C@@H](CCCNC(N)=O)C(=O)Nc1ccc(CO)cc1. The van der Waals surface area contributed by atoms with Crippen molar-refractivity contribution in [3.8, 4) is 0 Å². The zero-order valence-electron chi connectivity index (χ0n) is 35.9. The first kappa shape index (κ1) is 53.6. The number of aliphatic hydroxyl groups excluding tert-OH is 1. The number of nitrogens with two attached hydrogens (primary N) is 1. The Morgan fingerprint density at radius 1 is 0.645 bits per heavy atom. The van der Waals surface area contributed by atoms with Crippen molar-refractivity contribution in [2.45, 2.75) is 51.8 Å². The Balaban J connectivity index is 1.43. The molecule has 0 saturated carbocycles. The van der Waals surface area contributed by atoms with Crippen LogP contribution in [0.25, 0.3) is 0 Å². The van der Waals surface area contributed by atoms with E-state index in [1.165, 1.54) is 12.2 Å². The van der Waals surface area contributed by atoms with E-state index in [0.29, 0.717) is 104 Å². The average molecular weight is 883 g/mol. The number of anilines is 1. The number of benzene rings is 1. The molecule has 2 atom stereocenters. The Bertz CT molecular complexity index is 1470. The van der Waals surface area contributed by atoms with E-state index in [4.69, 9.17) is 43.6 Å². The molecule has 0 unspecified atom stereocenters. The van der Waals surface area contributed by atoms with E-state index in [2.05, 4.69) is 21.3 Å². The summed E-state index contributed by atoms with van der Waals surface area (Å²) < 4.78 is 43.6. The number of carbonyl (C=O) groups is 6. The number of amides is 7. The summed E-state index contributed by atoms with van der Waals surface area (Å²) in [7, 11) is 0. The number of urea groups is 1. The molecule has 62 heavy (non-hydrogen) atoms. The molecular formula is C41H66N6O15. The minimum atomic E-state index is -0.974. The number of carbonyl (C=O) groups excluding carboxylic acids is 6. The van der Waals surface area contributed by atoms with Crippen molar-refractivity contribution in [1.82, 2.24) is 20.9 Å². The number of nitrogens with one attached hydrogen (secondary N) is 4. The highest BCUT2D eigenvalue weighted by molar-refractivity contribution is 6.12. The third-order valence-electron chi connectivity index (χ3n) is 8.71. The standard InChI is InChI=1S/C41H66N6O15/c1-31(2)38(40(53)45-34(4-3-12-43-41(42)54)39(52)44-33-7-5-32(30-48)6-8-33)46-35(49)11-14-55-16-18-57-20-22-59-24-26-61-28-29-62-27-25-60-23-21-58-19-17-56-15-13-47-36(50)9-10-37(47)51/h5-10,31,34,38,48H,3-4,11-30H2,1-2H3,(H,44,52)(H,45,53)(H,46,49)(H3,42,43,54)/t34-,38-/m0/s1. The maximum Gasteiger partial charge on any atom is 0.312 e. The van der Waals surface area contributed by atoms with Gasteiger partial charge in [0.25, 0.3) is 11.8 Å². The molecule has 21 heteroatoms. The molecule has 7 N–H and O–H groups in total. The molecule has 7 amide bonds. The molecule has 1 aromatic carbocycles. The van der Waals surface area contributed by atoms with Crippen LogP contribution in [0.15, 0.2) is 36.4 Å². The molecule has 0 fully saturated rings. The summed E-state index contributed by atoms with van der Waals surface area (Å²) in [5, 5.41) is 20.0. The average Bonchev–Trinajstić information content (AvgIpc) is 3.57. The number of primary amides is 1. The molecule has 21 nitrogen and oxygen atoms in total. The van der Waals surface area contributed by atoms with Gasteiger partial charge in [-0.2, -0.15) is 0 Å². The van der Waals surface area contributed by atoms with Gasteiger partial charge in [0.05, 0.1) is 119 Å². The largest absolute Gasteiger partial charge is 0.392 e. The Labute approximate surface area is 362 Å². The molecule has 0 aliphatic carbocycles. The minimum Gasteiger partial charge on any atom is -0.392 e. The lowest BCUT2D eigenvalue weighted by molar-refractivity contribution is -0.137. The van der Waals surface area contributed by atoms with Gasteiger partial charge in [-0.25, -0.2) is 4.79 Å². The number of rotatable bonds is 38. The monoisotopic (exact) mass is 882 g/mol. The van der Waals surface area contributed by atoms with Crippen LogP contribution in [0.3, 0.4) is 0 Å². The predicted molar refractivity (Wildman–Crippen MR) is 224 cm³/mol. The second kappa shape index (κ2) is 34.0. The molecule has 1 aliphatic rings. The maximum absolute atomic E-state index is 13.3. The van der Waals surface area contributed by atoms with E-state index < -0.39 is 35.8 Å². The number of nitrogens with zero attached hydrogens (tertiary/aromatic N) is 1. The summed E-state index contributed by atoms with van der Waals surface area (Å²) in [6.07, 6.45) is 3.03. The molecule has 0 saturated heterocycles. The Hall–Kier alpha value is -4.58. The fourth-order valence-corrected chi connectivity index (χ4v) is 5.37. The van der Waals surface area contributed by atoms with Crippen LogP contribution in [0.5, 0.6) is 0 Å². The molecule has 1 aromatic rings. The highest BCUT2D eigenvalue weighted by Gasteiger charge is 2.29. The smallest absolute Gasteiger partial charge is 0.312 e. The molecule has 0 aromatic heterocycles. The molecule has 1 aliphatic heterocycles. The highest BCUT2D eigenvalue weighted by Crippen LogP contribution is 2.12. The topological polar surface area (TPSA) is 274 Å². The van der Waals surface area contributed by atoms with E-state index >= 15 is 0 Å². The molecule has 1 heterocycles. The lowest BCUT2D eigenvalue weighted by Gasteiger charge is -2.25. The van der Waals surface area contributed by atoms with Gasteiger partial charge in [0.1, 0.15) is 12.1 Å². The summed E-state index contributed by atoms with van der Waals surface area (Å²) in [6.45, 7) is 9.53. The van der Waals surface area contributed by atoms with Gasteiger partial charge in [-0.1, -0.05) is 26.0 Å². The minimum absolute atomic E-state index is 0.00932. The number of aliphatic hydroxyl groups is 1. The lowest BCUT2D eigenvalue weighted by Crippen LogP contribution is -2.54. The molecular weight excluding hydrogens is 816 g/mol. The summed E-state index contributed by atoms with van der Waals surface area (Å²) in [6, 6.07) is 3.99. The van der Waals surface area contributed by atoms with Crippen LogP contribution in [0.2, 0.25) is 0 Å². The van der Waals surface area contributed by atoms with Gasteiger partial charge in [0.2, 0.25) is 17.7 Å². The van der Waals surface area contributed by atoms with E-state index in [0.717, 1.165) is 4.90 Å². The van der Waals surface area contributed by atoms with E-state index in [1.807, 2.05) is 0 Å². The van der Waals surface area contributed by atoms with Crippen molar-refractivity contribution in [2.75, 3.05) is 124 Å². The summed E-state index contributed by atoms with van der Waals surface area (Å²) >= 11 is 0. The quantitative estimate of drug-likeness (QED) is 0.0366. The third-order valence-corrected chi connectivity index (χ3v) is 8.71. The van der Waals surface area contributed by atoms with Crippen molar-refractivity contribution in [3.05, 3.63) is 42.0 Å². The first-order valence-electron chi connectivity index (χ1n) is 20.8. The normalized spacial score (nSPS) is 13.4. The van der Waals surface area contributed by atoms with Gasteiger partial charge in [-0.05, 0) is 36.5 Å². The van der Waals surface area contributed by atoms with Crippen LogP contribution in [-0.4, -0.2) is 176 Å². The van der Waals surface area contributed by atoms with E-state index in [1.54, 1.807) is 38.1 Å². The van der Waals surface area contributed by atoms with Crippen molar-refractivity contribution in [3.63, 3.8) is 0 Å². The first-order valence-corrected chi connectivity index (χ1v) is 20.8. The van der Waals surface area contributed by atoms with Gasteiger partial charge in [-0.3, -0.25) is 28.9 Å².